The van der Waals surface area contributed by atoms with Gasteiger partial charge in [-0.15, -0.1) is 0 Å². The van der Waals surface area contributed by atoms with Crippen LogP contribution in [0.1, 0.15) is 36.7 Å². The fourth-order valence-corrected chi connectivity index (χ4v) is 3.41. The van der Waals surface area contributed by atoms with Crippen molar-refractivity contribution in [2.45, 2.75) is 32.9 Å². The van der Waals surface area contributed by atoms with Gasteiger partial charge in [0, 0.05) is 23.1 Å². The van der Waals surface area contributed by atoms with Gasteiger partial charge in [0.2, 0.25) is 0 Å². The average Bonchev–Trinajstić information content (AvgIpc) is 3.08. The summed E-state index contributed by atoms with van der Waals surface area (Å²) >= 11 is 6.50. The quantitative estimate of drug-likeness (QED) is 0.717. The minimum absolute atomic E-state index is 0.293. The van der Waals surface area contributed by atoms with Gasteiger partial charge in [0.15, 0.2) is 0 Å². The Labute approximate surface area is 139 Å². The first-order valence-corrected chi connectivity index (χ1v) is 8.09. The molecule has 4 rings (SSSR count). The molecule has 0 radical (unpaired) electrons. The Morgan fingerprint density at radius 2 is 2.04 bits per heavy atom. The van der Waals surface area contributed by atoms with Crippen LogP contribution in [0.5, 0.6) is 0 Å². The third-order valence-corrected chi connectivity index (χ3v) is 4.70. The molecule has 0 unspecified atom stereocenters. The van der Waals surface area contributed by atoms with Crippen LogP contribution in [-0.4, -0.2) is 9.97 Å². The highest BCUT2D eigenvalue weighted by atomic mass is 35.5. The first kappa shape index (κ1) is 14.5. The Balaban J connectivity index is 1.73. The number of H-pyrrole nitrogens is 1. The largest absolute Gasteiger partial charge is 0.360 e. The number of nitrogens with zero attached hydrogens (tertiary/aromatic N) is 2. The number of anilines is 1. The summed E-state index contributed by atoms with van der Waals surface area (Å²) in [7, 11) is 0. The number of fused-ring (bicyclic) bond motifs is 2. The molecule has 0 aliphatic carbocycles. The highest BCUT2D eigenvalue weighted by Crippen LogP contribution is 2.36. The van der Waals surface area contributed by atoms with E-state index in [1.807, 2.05) is 6.07 Å². The van der Waals surface area contributed by atoms with Crippen molar-refractivity contribution >= 4 is 28.2 Å². The van der Waals surface area contributed by atoms with E-state index in [1.54, 1.807) is 6.07 Å². The maximum Gasteiger partial charge on any atom is 0.141 e. The molecule has 3 aromatic rings. The minimum Gasteiger partial charge on any atom is -0.360 e. The van der Waals surface area contributed by atoms with E-state index in [2.05, 4.69) is 40.8 Å². The molecule has 5 heteroatoms. The van der Waals surface area contributed by atoms with Crippen LogP contribution in [0.25, 0.3) is 10.9 Å². The maximum absolute atomic E-state index is 13.3. The lowest BCUT2D eigenvalue weighted by Gasteiger charge is -2.19. The second kappa shape index (κ2) is 5.24. The molecule has 23 heavy (non-hydrogen) atoms. The van der Waals surface area contributed by atoms with Crippen LogP contribution < -0.4 is 4.90 Å². The fourth-order valence-electron chi connectivity index (χ4n) is 3.12. The Morgan fingerprint density at radius 1 is 1.22 bits per heavy atom. The Kier molecular flexibility index (Phi) is 3.31. The Bertz CT molecular complexity index is 901. The lowest BCUT2D eigenvalue weighted by atomic mass is 10.1. The average molecular weight is 330 g/mol. The maximum atomic E-state index is 13.3. The zero-order valence-corrected chi connectivity index (χ0v) is 13.8. The molecule has 2 aromatic heterocycles. The van der Waals surface area contributed by atoms with E-state index in [0.29, 0.717) is 24.0 Å². The number of hydrogen-bond acceptors (Lipinski definition) is 2. The van der Waals surface area contributed by atoms with Crippen LogP contribution in [0.3, 0.4) is 0 Å². The van der Waals surface area contributed by atoms with Gasteiger partial charge in [-0.1, -0.05) is 25.4 Å². The highest BCUT2D eigenvalue weighted by Gasteiger charge is 2.23. The Morgan fingerprint density at radius 3 is 2.83 bits per heavy atom. The first-order chi connectivity index (χ1) is 11.0. The van der Waals surface area contributed by atoms with Crippen LogP contribution in [0.15, 0.2) is 30.5 Å². The monoisotopic (exact) mass is 329 g/mol. The molecule has 1 aliphatic heterocycles. The zero-order valence-electron chi connectivity index (χ0n) is 13.0. The van der Waals surface area contributed by atoms with Crippen molar-refractivity contribution in [1.82, 2.24) is 9.97 Å². The van der Waals surface area contributed by atoms with Crippen LogP contribution in [0.2, 0.25) is 5.02 Å². The second-order valence-electron chi connectivity index (χ2n) is 6.39. The van der Waals surface area contributed by atoms with Gasteiger partial charge in [0.25, 0.3) is 0 Å². The molecule has 3 nitrogen and oxygen atoms in total. The standard InChI is InChI=1S/C18H17ClFN3/c1-10(2)15-5-11-4-14(19)18(6-16(11)22-15)23-8-12-3-13(20)7-21-17(12)9-23/h3-7,10,22H,8-9H2,1-2H3. The molecule has 0 saturated carbocycles. The predicted octanol–water partition coefficient (Wildman–Crippen LogP) is 5.00. The molecule has 1 aliphatic rings. The van der Waals surface area contributed by atoms with Gasteiger partial charge in [0.1, 0.15) is 5.82 Å². The number of benzene rings is 1. The molecular weight excluding hydrogens is 313 g/mol. The topological polar surface area (TPSA) is 31.9 Å². The molecule has 0 spiro atoms. The molecule has 1 aromatic carbocycles. The van der Waals surface area contributed by atoms with E-state index in [1.165, 1.54) is 11.9 Å². The first-order valence-electron chi connectivity index (χ1n) is 7.71. The number of hydrogen-bond donors (Lipinski definition) is 1. The van der Waals surface area contributed by atoms with Crippen molar-refractivity contribution in [3.63, 3.8) is 0 Å². The van der Waals surface area contributed by atoms with Crippen LogP contribution >= 0.6 is 11.6 Å². The van der Waals surface area contributed by atoms with Gasteiger partial charge >= 0.3 is 0 Å². The number of aromatic amines is 1. The van der Waals surface area contributed by atoms with Crippen LogP contribution in [0, 0.1) is 5.82 Å². The zero-order chi connectivity index (χ0) is 16.1. The molecule has 0 fully saturated rings. The molecule has 3 heterocycles. The lowest BCUT2D eigenvalue weighted by Crippen LogP contribution is -2.15. The smallest absolute Gasteiger partial charge is 0.141 e. The lowest BCUT2D eigenvalue weighted by molar-refractivity contribution is 0.618. The number of rotatable bonds is 2. The summed E-state index contributed by atoms with van der Waals surface area (Å²) in [5, 5.41) is 1.82. The van der Waals surface area contributed by atoms with Gasteiger partial charge in [-0.05, 0) is 35.7 Å². The SMILES string of the molecule is CC(C)c1cc2cc(Cl)c(N3Cc4cc(F)cnc4C3)cc2[nH]1. The second-order valence-corrected chi connectivity index (χ2v) is 6.79. The van der Waals surface area contributed by atoms with Gasteiger partial charge in [-0.25, -0.2) is 4.39 Å². The van der Waals surface area contributed by atoms with Crippen molar-refractivity contribution in [1.29, 1.82) is 0 Å². The van der Waals surface area contributed by atoms with Crippen molar-refractivity contribution < 1.29 is 4.39 Å². The van der Waals surface area contributed by atoms with Gasteiger partial charge in [-0.3, -0.25) is 4.98 Å². The summed E-state index contributed by atoms with van der Waals surface area (Å²) in [6.07, 6.45) is 1.27. The third kappa shape index (κ3) is 2.47. The third-order valence-electron chi connectivity index (χ3n) is 4.40. The molecular formula is C18H17ClFN3. The van der Waals surface area contributed by atoms with Crippen molar-refractivity contribution in [3.05, 3.63) is 58.3 Å². The van der Waals surface area contributed by atoms with Crippen LogP contribution in [-0.2, 0) is 13.1 Å². The van der Waals surface area contributed by atoms with E-state index in [4.69, 9.17) is 11.6 Å². The number of halogens is 2. The summed E-state index contributed by atoms with van der Waals surface area (Å²) in [5.41, 5.74) is 5.06. The fraction of sp³-hybridized carbons (Fsp3) is 0.278. The molecule has 118 valence electrons. The van der Waals surface area contributed by atoms with E-state index in [9.17, 15) is 4.39 Å². The predicted molar refractivity (Wildman–Crippen MR) is 91.5 cm³/mol. The number of pyridine rings is 1. The number of aromatic nitrogens is 2. The molecule has 0 saturated heterocycles. The van der Waals surface area contributed by atoms with E-state index < -0.39 is 0 Å². The highest BCUT2D eigenvalue weighted by molar-refractivity contribution is 6.34. The summed E-state index contributed by atoms with van der Waals surface area (Å²) in [4.78, 5) is 9.78. The molecule has 0 atom stereocenters. The molecule has 0 bridgehead atoms. The minimum atomic E-state index is -0.293. The Hall–Kier alpha value is -2.07. The van der Waals surface area contributed by atoms with Gasteiger partial charge in [-0.2, -0.15) is 0 Å². The van der Waals surface area contributed by atoms with E-state index >= 15 is 0 Å². The van der Waals surface area contributed by atoms with Gasteiger partial charge in [0.05, 0.1) is 29.1 Å². The molecule has 1 N–H and O–H groups in total. The van der Waals surface area contributed by atoms with Crippen molar-refractivity contribution in [2.24, 2.45) is 0 Å². The van der Waals surface area contributed by atoms with Crippen LogP contribution in [0.4, 0.5) is 10.1 Å². The summed E-state index contributed by atoms with van der Waals surface area (Å²) in [6.45, 7) is 5.59. The number of nitrogens with one attached hydrogen (secondary N) is 1. The molecule has 0 amide bonds. The van der Waals surface area contributed by atoms with Crippen molar-refractivity contribution in [2.75, 3.05) is 4.90 Å². The van der Waals surface area contributed by atoms with Crippen molar-refractivity contribution in [3.8, 4) is 0 Å². The van der Waals surface area contributed by atoms with E-state index in [-0.39, 0.29) is 5.82 Å². The van der Waals surface area contributed by atoms with Gasteiger partial charge < -0.3 is 9.88 Å². The normalized spacial score (nSPS) is 14.0. The summed E-state index contributed by atoms with van der Waals surface area (Å²) in [5.74, 6) is 0.144. The van der Waals surface area contributed by atoms with E-state index in [0.717, 1.165) is 27.8 Å². The summed E-state index contributed by atoms with van der Waals surface area (Å²) < 4.78 is 13.3. The summed E-state index contributed by atoms with van der Waals surface area (Å²) in [6, 6.07) is 7.77.